The fourth-order valence-corrected chi connectivity index (χ4v) is 1.87. The highest BCUT2D eigenvalue weighted by Gasteiger charge is 2.11. The summed E-state index contributed by atoms with van der Waals surface area (Å²) >= 11 is 5.67. The highest BCUT2D eigenvalue weighted by molar-refractivity contribution is 6.30. The summed E-state index contributed by atoms with van der Waals surface area (Å²) in [5, 5.41) is 10.0. The van der Waals surface area contributed by atoms with Crippen LogP contribution in [0.25, 0.3) is 0 Å². The number of aliphatic hydroxyl groups is 1. The van der Waals surface area contributed by atoms with Crippen LogP contribution in [-0.2, 0) is 6.42 Å². The molecular weight excluding hydrogens is 255 g/mol. The van der Waals surface area contributed by atoms with Crippen LogP contribution >= 0.6 is 11.6 Å². The van der Waals surface area contributed by atoms with Crippen LogP contribution in [0.15, 0.2) is 36.5 Å². The quantitative estimate of drug-likeness (QED) is 0.898. The van der Waals surface area contributed by atoms with E-state index in [9.17, 15) is 9.50 Å². The molecule has 1 heterocycles. The van der Waals surface area contributed by atoms with Gasteiger partial charge < -0.3 is 10.8 Å². The van der Waals surface area contributed by atoms with E-state index >= 15 is 0 Å². The summed E-state index contributed by atoms with van der Waals surface area (Å²) in [6.45, 7) is 0. The zero-order chi connectivity index (χ0) is 13.1. The van der Waals surface area contributed by atoms with Gasteiger partial charge in [0.25, 0.3) is 0 Å². The maximum absolute atomic E-state index is 13.0. The van der Waals surface area contributed by atoms with Crippen LogP contribution in [0, 0.1) is 5.82 Å². The summed E-state index contributed by atoms with van der Waals surface area (Å²) in [6, 6.07) is 7.63. The molecule has 0 radical (unpaired) electrons. The Kier molecular flexibility index (Phi) is 3.79. The first kappa shape index (κ1) is 12.8. The third-order valence-corrected chi connectivity index (χ3v) is 2.89. The highest BCUT2D eigenvalue weighted by atomic mass is 35.5. The second-order valence-corrected chi connectivity index (χ2v) is 4.39. The number of rotatable bonds is 3. The molecule has 0 amide bonds. The molecule has 2 rings (SSSR count). The fraction of sp³-hybridized carbons (Fsp3) is 0.154. The van der Waals surface area contributed by atoms with Crippen LogP contribution in [0.1, 0.15) is 17.2 Å². The van der Waals surface area contributed by atoms with Crippen molar-refractivity contribution in [1.29, 1.82) is 0 Å². The van der Waals surface area contributed by atoms with Gasteiger partial charge in [0, 0.05) is 12.6 Å². The largest absolute Gasteiger partial charge is 0.388 e. The number of nitrogens with zero attached hydrogens (tertiary/aromatic N) is 1. The number of pyridine rings is 1. The van der Waals surface area contributed by atoms with E-state index in [1.54, 1.807) is 18.3 Å². The van der Waals surface area contributed by atoms with Gasteiger partial charge in [-0.15, -0.1) is 0 Å². The number of hydrogen-bond acceptors (Lipinski definition) is 3. The lowest BCUT2D eigenvalue weighted by Crippen LogP contribution is -2.03. The Balaban J connectivity index is 2.16. The summed E-state index contributed by atoms with van der Waals surface area (Å²) in [7, 11) is 0. The summed E-state index contributed by atoms with van der Waals surface area (Å²) in [4.78, 5) is 3.87. The number of nitrogen functional groups attached to an aromatic ring is 1. The van der Waals surface area contributed by atoms with Crippen LogP contribution < -0.4 is 5.73 Å². The molecule has 1 aromatic heterocycles. The van der Waals surface area contributed by atoms with Gasteiger partial charge in [-0.1, -0.05) is 17.7 Å². The molecule has 1 unspecified atom stereocenters. The van der Waals surface area contributed by atoms with Crippen LogP contribution in [0.3, 0.4) is 0 Å². The number of aromatic nitrogens is 1. The van der Waals surface area contributed by atoms with Crippen molar-refractivity contribution in [1.82, 2.24) is 4.98 Å². The molecular formula is C13H12ClFN2O. The van der Waals surface area contributed by atoms with Crippen molar-refractivity contribution in [2.24, 2.45) is 0 Å². The van der Waals surface area contributed by atoms with Crippen LogP contribution in [0.5, 0.6) is 0 Å². The lowest BCUT2D eigenvalue weighted by molar-refractivity contribution is 0.178. The van der Waals surface area contributed by atoms with E-state index in [1.807, 2.05) is 0 Å². The van der Waals surface area contributed by atoms with E-state index in [2.05, 4.69) is 4.98 Å². The third kappa shape index (κ3) is 2.97. The topological polar surface area (TPSA) is 59.1 Å². The van der Waals surface area contributed by atoms with Gasteiger partial charge in [-0.2, -0.15) is 0 Å². The molecule has 18 heavy (non-hydrogen) atoms. The van der Waals surface area contributed by atoms with Gasteiger partial charge >= 0.3 is 0 Å². The third-order valence-electron chi connectivity index (χ3n) is 2.60. The Bertz CT molecular complexity index is 562. The minimum atomic E-state index is -0.759. The molecule has 1 atom stereocenters. The average molecular weight is 267 g/mol. The molecule has 0 saturated carbocycles. The minimum absolute atomic E-state index is 0.000734. The molecule has 2 aromatic rings. The predicted octanol–water partition coefficient (Wildman–Crippen LogP) is 2.73. The molecule has 1 aromatic carbocycles. The second kappa shape index (κ2) is 5.33. The van der Waals surface area contributed by atoms with Crippen molar-refractivity contribution < 1.29 is 9.50 Å². The molecule has 0 spiro atoms. The monoisotopic (exact) mass is 266 g/mol. The fourth-order valence-electron chi connectivity index (χ4n) is 1.68. The van der Waals surface area contributed by atoms with Crippen molar-refractivity contribution in [2.45, 2.75) is 12.5 Å². The number of nitrogens with two attached hydrogens (primary N) is 1. The van der Waals surface area contributed by atoms with Gasteiger partial charge in [0.2, 0.25) is 0 Å². The van der Waals surface area contributed by atoms with Crippen molar-refractivity contribution in [3.05, 3.63) is 58.5 Å². The Hall–Kier alpha value is -1.65. The second-order valence-electron chi connectivity index (χ2n) is 3.98. The highest BCUT2D eigenvalue weighted by Crippen LogP contribution is 2.23. The van der Waals surface area contributed by atoms with Crippen LogP contribution in [0.4, 0.5) is 10.2 Å². The Morgan fingerprint density at radius 3 is 2.78 bits per heavy atom. The van der Waals surface area contributed by atoms with Gasteiger partial charge in [-0.05, 0) is 35.4 Å². The molecule has 0 aliphatic heterocycles. The van der Waals surface area contributed by atoms with E-state index < -0.39 is 11.9 Å². The molecule has 0 bridgehead atoms. The average Bonchev–Trinajstić information content (AvgIpc) is 2.32. The predicted molar refractivity (Wildman–Crippen MR) is 68.7 cm³/mol. The molecule has 0 aliphatic rings. The summed E-state index contributed by atoms with van der Waals surface area (Å²) in [5.41, 5.74) is 6.98. The maximum Gasteiger partial charge on any atom is 0.141 e. The van der Waals surface area contributed by atoms with Crippen molar-refractivity contribution in [3.63, 3.8) is 0 Å². The van der Waals surface area contributed by atoms with E-state index in [0.717, 1.165) is 5.56 Å². The number of aliphatic hydroxyl groups excluding tert-OH is 1. The van der Waals surface area contributed by atoms with Crippen LogP contribution in [-0.4, -0.2) is 10.1 Å². The minimum Gasteiger partial charge on any atom is -0.388 e. The van der Waals surface area contributed by atoms with Crippen LogP contribution in [0.2, 0.25) is 5.02 Å². The maximum atomic E-state index is 13.0. The van der Waals surface area contributed by atoms with Crippen molar-refractivity contribution in [2.75, 3.05) is 5.73 Å². The summed E-state index contributed by atoms with van der Waals surface area (Å²) in [5.74, 6) is -0.0994. The molecule has 3 N–H and O–H groups in total. The Morgan fingerprint density at radius 2 is 2.11 bits per heavy atom. The number of hydrogen-bond donors (Lipinski definition) is 2. The lowest BCUT2D eigenvalue weighted by Gasteiger charge is -2.11. The SMILES string of the molecule is Nc1cc(CC(O)c2ccc(F)c(Cl)c2)ccn1. The molecule has 0 fully saturated rings. The molecule has 94 valence electrons. The van der Waals surface area contributed by atoms with Crippen molar-refractivity contribution in [3.8, 4) is 0 Å². The lowest BCUT2D eigenvalue weighted by atomic mass is 10.0. The van der Waals surface area contributed by atoms with E-state index in [0.29, 0.717) is 17.8 Å². The Morgan fingerprint density at radius 1 is 1.33 bits per heavy atom. The van der Waals surface area contributed by atoms with Gasteiger partial charge in [0.05, 0.1) is 11.1 Å². The van der Waals surface area contributed by atoms with E-state index in [4.69, 9.17) is 17.3 Å². The van der Waals surface area contributed by atoms with Gasteiger partial charge in [0.1, 0.15) is 11.6 Å². The number of benzene rings is 1. The van der Waals surface area contributed by atoms with E-state index in [1.165, 1.54) is 18.2 Å². The van der Waals surface area contributed by atoms with Gasteiger partial charge in [-0.25, -0.2) is 9.37 Å². The molecule has 3 nitrogen and oxygen atoms in total. The van der Waals surface area contributed by atoms with E-state index in [-0.39, 0.29) is 5.02 Å². The van der Waals surface area contributed by atoms with Gasteiger partial charge in [0.15, 0.2) is 0 Å². The Labute approximate surface area is 109 Å². The van der Waals surface area contributed by atoms with Gasteiger partial charge in [-0.3, -0.25) is 0 Å². The summed E-state index contributed by atoms with van der Waals surface area (Å²) < 4.78 is 13.0. The first-order chi connectivity index (χ1) is 8.56. The number of anilines is 1. The first-order valence-corrected chi connectivity index (χ1v) is 5.77. The smallest absolute Gasteiger partial charge is 0.141 e. The first-order valence-electron chi connectivity index (χ1n) is 5.39. The van der Waals surface area contributed by atoms with Crippen molar-refractivity contribution >= 4 is 17.4 Å². The zero-order valence-electron chi connectivity index (χ0n) is 9.48. The molecule has 5 heteroatoms. The normalized spacial score (nSPS) is 12.4. The standard InChI is InChI=1S/C13H12ClFN2O/c14-10-7-9(1-2-11(10)15)12(18)5-8-3-4-17-13(16)6-8/h1-4,6-7,12,18H,5H2,(H2,16,17). The summed E-state index contributed by atoms with van der Waals surface area (Å²) in [6.07, 6.45) is 1.19. The molecule has 0 saturated heterocycles. The number of halogens is 2. The molecule has 0 aliphatic carbocycles. The zero-order valence-corrected chi connectivity index (χ0v) is 10.2.